The van der Waals surface area contributed by atoms with E-state index < -0.39 is 0 Å². The summed E-state index contributed by atoms with van der Waals surface area (Å²) in [5.41, 5.74) is 15.2. The van der Waals surface area contributed by atoms with Crippen molar-refractivity contribution < 1.29 is 8.83 Å². The van der Waals surface area contributed by atoms with Gasteiger partial charge in [-0.1, -0.05) is 115 Å². The highest BCUT2D eigenvalue weighted by Crippen LogP contribution is 2.42. The maximum atomic E-state index is 6.82. The zero-order valence-corrected chi connectivity index (χ0v) is 28.2. The molecule has 0 saturated carbocycles. The van der Waals surface area contributed by atoms with Gasteiger partial charge in [-0.2, -0.15) is 0 Å². The van der Waals surface area contributed by atoms with E-state index >= 15 is 0 Å². The summed E-state index contributed by atoms with van der Waals surface area (Å²) >= 11 is 1.84. The van der Waals surface area contributed by atoms with Crippen LogP contribution in [0.1, 0.15) is 16.7 Å². The number of para-hydroxylation sites is 1. The van der Waals surface area contributed by atoms with Gasteiger partial charge in [0.2, 0.25) is 0 Å². The van der Waals surface area contributed by atoms with Gasteiger partial charge >= 0.3 is 0 Å². The maximum absolute atomic E-state index is 6.82. The molecule has 5 nitrogen and oxygen atoms in total. The molecule has 0 bridgehead atoms. The predicted octanol–water partition coefficient (Wildman–Crippen LogP) is 11.9. The van der Waals surface area contributed by atoms with E-state index in [4.69, 9.17) is 24.6 Å². The Morgan fingerprint density at radius 1 is 0.569 bits per heavy atom. The lowest BCUT2D eigenvalue weighted by atomic mass is 9.99. The van der Waals surface area contributed by atoms with Crippen molar-refractivity contribution in [3.05, 3.63) is 168 Å². The van der Waals surface area contributed by atoms with Gasteiger partial charge in [-0.3, -0.25) is 4.99 Å². The monoisotopic (exact) mass is 675 g/mol. The molecule has 7 aromatic carbocycles. The molecule has 6 heteroatoms. The molecule has 0 atom stereocenters. The molecule has 242 valence electrons. The topological polar surface area (TPSA) is 77.0 Å². The number of fused-ring (bicyclic) bond motifs is 9. The fourth-order valence-corrected chi connectivity index (χ4v) is 8.51. The quantitative estimate of drug-likeness (QED) is 0.146. The molecule has 0 aliphatic heterocycles. The maximum Gasteiger partial charge on any atom is 0.157 e. The normalized spacial score (nSPS) is 12.7. The molecule has 0 unspecified atom stereocenters. The first-order chi connectivity index (χ1) is 25.2. The second-order valence-electron chi connectivity index (χ2n) is 12.7. The molecule has 0 aliphatic carbocycles. The molecular weight excluding hydrogens is 647 g/mol. The fraction of sp³-hybridized carbons (Fsp3) is 0.0222. The average molecular weight is 676 g/mol. The minimum absolute atomic E-state index is 0.377. The molecule has 3 aromatic heterocycles. The van der Waals surface area contributed by atoms with Crippen LogP contribution >= 0.6 is 11.3 Å². The molecule has 10 rings (SSSR count). The van der Waals surface area contributed by atoms with Gasteiger partial charge in [-0.25, -0.2) is 4.99 Å². The third-order valence-electron chi connectivity index (χ3n) is 9.63. The van der Waals surface area contributed by atoms with Crippen LogP contribution in [0.15, 0.2) is 170 Å². The summed E-state index contributed by atoms with van der Waals surface area (Å²) in [4.78, 5) is 10.1. The van der Waals surface area contributed by atoms with Crippen molar-refractivity contribution >= 4 is 87.1 Å². The highest BCUT2D eigenvalue weighted by Gasteiger charge is 2.17. The zero-order chi connectivity index (χ0) is 33.9. The van der Waals surface area contributed by atoms with E-state index in [0.717, 1.165) is 66.1 Å². The molecule has 0 fully saturated rings. The molecular formula is C45H29N3O2S. The van der Waals surface area contributed by atoms with Gasteiger partial charge in [0.25, 0.3) is 0 Å². The lowest BCUT2D eigenvalue weighted by Gasteiger charge is -2.08. The number of hydrogen-bond acceptors (Lipinski definition) is 4. The summed E-state index contributed by atoms with van der Waals surface area (Å²) in [7, 11) is 0. The number of furan rings is 2. The van der Waals surface area contributed by atoms with Crippen LogP contribution in [-0.4, -0.2) is 11.7 Å². The lowest BCUT2D eigenvalue weighted by molar-refractivity contribution is 0.668. The lowest BCUT2D eigenvalue weighted by Crippen LogP contribution is -2.17. The van der Waals surface area contributed by atoms with Crippen LogP contribution < -0.4 is 5.73 Å². The molecule has 0 amide bonds. The Kier molecular flexibility index (Phi) is 6.82. The average Bonchev–Trinajstić information content (AvgIpc) is 3.88. The Labute approximate surface area is 296 Å². The predicted molar refractivity (Wildman–Crippen MR) is 213 cm³/mol. The zero-order valence-electron chi connectivity index (χ0n) is 27.3. The summed E-state index contributed by atoms with van der Waals surface area (Å²) in [6.07, 6.45) is 0. The van der Waals surface area contributed by atoms with Crippen molar-refractivity contribution in [1.29, 1.82) is 0 Å². The van der Waals surface area contributed by atoms with Gasteiger partial charge in [0.05, 0.1) is 6.54 Å². The number of thiophene rings is 1. The van der Waals surface area contributed by atoms with E-state index in [1.165, 1.54) is 25.7 Å². The number of amidine groups is 2. The molecule has 2 N–H and O–H groups in total. The Morgan fingerprint density at radius 2 is 1.25 bits per heavy atom. The molecule has 3 heterocycles. The number of benzene rings is 7. The van der Waals surface area contributed by atoms with Crippen LogP contribution in [0.25, 0.3) is 75.2 Å². The van der Waals surface area contributed by atoms with Gasteiger partial charge < -0.3 is 14.6 Å². The summed E-state index contributed by atoms with van der Waals surface area (Å²) in [5.74, 6) is 0.932. The van der Waals surface area contributed by atoms with Gasteiger partial charge in [-0.05, 0) is 53.1 Å². The smallest absolute Gasteiger partial charge is 0.157 e. The summed E-state index contributed by atoms with van der Waals surface area (Å²) in [6, 6.07) is 51.8. The van der Waals surface area contributed by atoms with Crippen molar-refractivity contribution in [2.45, 2.75) is 6.54 Å². The van der Waals surface area contributed by atoms with Crippen LogP contribution in [0.4, 0.5) is 0 Å². The van der Waals surface area contributed by atoms with Gasteiger partial charge in [0.15, 0.2) is 5.84 Å². The number of hydrogen-bond donors (Lipinski definition) is 1. The number of aliphatic imine (C=N–C) groups is 2. The van der Waals surface area contributed by atoms with Crippen molar-refractivity contribution in [2.75, 3.05) is 0 Å². The molecule has 0 radical (unpaired) electrons. The van der Waals surface area contributed by atoms with Crippen LogP contribution in [0.5, 0.6) is 0 Å². The van der Waals surface area contributed by atoms with Crippen LogP contribution in [0.3, 0.4) is 0 Å². The Morgan fingerprint density at radius 3 is 2.14 bits per heavy atom. The summed E-state index contributed by atoms with van der Waals surface area (Å²) in [6.45, 7) is 0.391. The minimum atomic E-state index is 0.377. The molecule has 0 spiro atoms. The Bertz CT molecular complexity index is 3020. The third-order valence-corrected chi connectivity index (χ3v) is 10.9. The standard InChI is InChI=1S/C45H29N3O2S/c46-44(34-18-10-21-39-42(34)33-15-4-6-19-36(33)49-39)48-45(27-11-2-1-3-12-27)47-26-29-13-8-20-38-41(29)35-25-28(23-24-37(35)50-38)30-16-9-17-32-31-14-5-7-22-40(31)51-43(30)32/h1-25H,26H2,(H2,46,47,48). The third kappa shape index (κ3) is 4.91. The van der Waals surface area contributed by atoms with Gasteiger partial charge in [0, 0.05) is 52.8 Å². The second-order valence-corrected chi connectivity index (χ2v) is 13.7. The van der Waals surface area contributed by atoms with Crippen LogP contribution in [0.2, 0.25) is 0 Å². The minimum Gasteiger partial charge on any atom is -0.456 e. The molecule has 10 aromatic rings. The van der Waals surface area contributed by atoms with Crippen LogP contribution in [0, 0.1) is 0 Å². The highest BCUT2D eigenvalue weighted by molar-refractivity contribution is 7.26. The van der Waals surface area contributed by atoms with E-state index in [-0.39, 0.29) is 0 Å². The Balaban J connectivity index is 1.09. The van der Waals surface area contributed by atoms with Gasteiger partial charge in [-0.15, -0.1) is 11.3 Å². The summed E-state index contributed by atoms with van der Waals surface area (Å²) in [5, 5.41) is 6.64. The first-order valence-corrected chi connectivity index (χ1v) is 17.7. The number of nitrogens with two attached hydrogens (primary N) is 1. The van der Waals surface area contributed by atoms with Crippen molar-refractivity contribution in [3.63, 3.8) is 0 Å². The molecule has 51 heavy (non-hydrogen) atoms. The largest absolute Gasteiger partial charge is 0.456 e. The molecule has 0 saturated heterocycles. The first-order valence-electron chi connectivity index (χ1n) is 16.9. The van der Waals surface area contributed by atoms with Gasteiger partial charge in [0.1, 0.15) is 28.2 Å². The van der Waals surface area contributed by atoms with Crippen molar-refractivity contribution in [1.82, 2.24) is 0 Å². The van der Waals surface area contributed by atoms with E-state index in [1.807, 2.05) is 96.3 Å². The van der Waals surface area contributed by atoms with E-state index in [0.29, 0.717) is 18.2 Å². The second kappa shape index (κ2) is 11.8. The summed E-state index contributed by atoms with van der Waals surface area (Å²) < 4.78 is 15.1. The van der Waals surface area contributed by atoms with E-state index in [2.05, 4.69) is 66.7 Å². The number of nitrogens with zero attached hydrogens (tertiary/aromatic N) is 2. The van der Waals surface area contributed by atoms with E-state index in [1.54, 1.807) is 0 Å². The van der Waals surface area contributed by atoms with Crippen molar-refractivity contribution in [2.24, 2.45) is 15.7 Å². The SMILES string of the molecule is N/C(=N\C(=N/Cc1cccc2oc3ccc(-c4cccc5c4sc4ccccc45)cc3c12)c1ccccc1)c1cccc2oc3ccccc3c12. The van der Waals surface area contributed by atoms with E-state index in [9.17, 15) is 0 Å². The first kappa shape index (κ1) is 29.4. The fourth-order valence-electron chi connectivity index (χ4n) is 7.27. The van der Waals surface area contributed by atoms with Crippen LogP contribution in [-0.2, 0) is 6.54 Å². The highest BCUT2D eigenvalue weighted by atomic mass is 32.1. The molecule has 0 aliphatic rings. The van der Waals surface area contributed by atoms with Crippen molar-refractivity contribution in [3.8, 4) is 11.1 Å². The number of rotatable bonds is 5. The Hall–Kier alpha value is -6.50.